The van der Waals surface area contributed by atoms with Crippen molar-refractivity contribution < 1.29 is 18.7 Å². The number of alkyl halides is 2. The maximum atomic E-state index is 12.9. The summed E-state index contributed by atoms with van der Waals surface area (Å²) in [5, 5.41) is 8.52. The third-order valence-electron chi connectivity index (χ3n) is 2.55. The van der Waals surface area contributed by atoms with Crippen LogP contribution in [0.2, 0.25) is 0 Å². The number of aliphatic carboxylic acids is 1. The van der Waals surface area contributed by atoms with Crippen LogP contribution in [-0.2, 0) is 4.79 Å². The first-order valence-electron chi connectivity index (χ1n) is 4.99. The van der Waals surface area contributed by atoms with E-state index in [9.17, 15) is 13.6 Å². The maximum Gasteiger partial charge on any atom is 0.320 e. The molecule has 0 aromatic heterocycles. The summed E-state index contributed by atoms with van der Waals surface area (Å²) in [5.74, 6) is -3.72. The molecule has 1 fully saturated rings. The number of nitrogens with two attached hydrogens (primary N) is 1. The van der Waals surface area contributed by atoms with Gasteiger partial charge in [0, 0.05) is 13.0 Å². The minimum atomic E-state index is -2.63. The Hall–Kier alpha value is -0.170. The summed E-state index contributed by atoms with van der Waals surface area (Å²) in [6, 6.07) is -0.958. The van der Waals surface area contributed by atoms with Crippen LogP contribution in [0.5, 0.6) is 0 Å². The summed E-state index contributed by atoms with van der Waals surface area (Å²) in [7, 11) is 0. The topological polar surface area (TPSA) is 66.6 Å². The number of rotatable bonds is 4. The Morgan fingerprint density at radius 3 is 2.53 bits per heavy atom. The molecular formula is C9H18Cl2F2N2O2. The number of halogens is 4. The molecule has 0 saturated carbocycles. The average molecular weight is 295 g/mol. The highest BCUT2D eigenvalue weighted by Gasteiger charge is 2.34. The lowest BCUT2D eigenvalue weighted by atomic mass is 10.1. The highest BCUT2D eigenvalue weighted by molar-refractivity contribution is 5.85. The Balaban J connectivity index is 0. The van der Waals surface area contributed by atoms with Crippen LogP contribution in [0.15, 0.2) is 0 Å². The van der Waals surface area contributed by atoms with Crippen molar-refractivity contribution in [2.45, 2.75) is 31.2 Å². The second-order valence-electron chi connectivity index (χ2n) is 3.97. The van der Waals surface area contributed by atoms with Crippen molar-refractivity contribution in [1.82, 2.24) is 4.90 Å². The molecule has 1 aliphatic rings. The average Bonchev–Trinajstić information content (AvgIpc) is 2.12. The quantitative estimate of drug-likeness (QED) is 0.822. The molecule has 0 amide bonds. The molecule has 4 nitrogen and oxygen atoms in total. The third-order valence-corrected chi connectivity index (χ3v) is 2.55. The normalized spacial score (nSPS) is 20.9. The molecule has 1 aliphatic heterocycles. The Labute approximate surface area is 111 Å². The van der Waals surface area contributed by atoms with Crippen LogP contribution in [0.4, 0.5) is 8.78 Å². The van der Waals surface area contributed by atoms with E-state index in [1.807, 2.05) is 0 Å². The highest BCUT2D eigenvalue weighted by atomic mass is 35.5. The smallest absolute Gasteiger partial charge is 0.320 e. The van der Waals surface area contributed by atoms with E-state index < -0.39 is 17.9 Å². The predicted octanol–water partition coefficient (Wildman–Crippen LogP) is 1.36. The van der Waals surface area contributed by atoms with Crippen molar-refractivity contribution in [2.75, 3.05) is 19.6 Å². The second-order valence-corrected chi connectivity index (χ2v) is 3.97. The van der Waals surface area contributed by atoms with Gasteiger partial charge in [-0.2, -0.15) is 0 Å². The van der Waals surface area contributed by atoms with Gasteiger partial charge in [-0.25, -0.2) is 8.78 Å². The molecule has 0 radical (unpaired) electrons. The van der Waals surface area contributed by atoms with E-state index in [0.29, 0.717) is 19.5 Å². The highest BCUT2D eigenvalue weighted by Crippen LogP contribution is 2.26. The number of nitrogens with zero attached hydrogens (tertiary/aromatic N) is 1. The van der Waals surface area contributed by atoms with Crippen molar-refractivity contribution in [3.63, 3.8) is 0 Å². The predicted molar refractivity (Wildman–Crippen MR) is 65.3 cm³/mol. The van der Waals surface area contributed by atoms with Gasteiger partial charge in [0.25, 0.3) is 5.92 Å². The number of carbonyl (C=O) groups is 1. The monoisotopic (exact) mass is 294 g/mol. The summed E-state index contributed by atoms with van der Waals surface area (Å²) in [6.45, 7) is 0.643. The lowest BCUT2D eigenvalue weighted by Gasteiger charge is -2.32. The van der Waals surface area contributed by atoms with Gasteiger partial charge >= 0.3 is 5.97 Å². The Morgan fingerprint density at radius 2 is 2.06 bits per heavy atom. The first kappa shape index (κ1) is 19.2. The number of piperidine rings is 1. The molecule has 0 aromatic carbocycles. The van der Waals surface area contributed by atoms with Crippen LogP contribution in [0.3, 0.4) is 0 Å². The van der Waals surface area contributed by atoms with Crippen molar-refractivity contribution in [1.29, 1.82) is 0 Å². The number of hydrogen-bond donors (Lipinski definition) is 2. The first-order valence-corrected chi connectivity index (χ1v) is 4.99. The number of carboxylic acid groups (broad SMARTS) is 1. The Morgan fingerprint density at radius 1 is 1.47 bits per heavy atom. The fraction of sp³-hybridized carbons (Fsp3) is 0.889. The van der Waals surface area contributed by atoms with Crippen LogP contribution in [0.1, 0.15) is 19.3 Å². The molecule has 1 saturated heterocycles. The molecule has 1 heterocycles. The third kappa shape index (κ3) is 6.98. The van der Waals surface area contributed by atoms with E-state index in [-0.39, 0.29) is 44.2 Å². The maximum absolute atomic E-state index is 12.9. The van der Waals surface area contributed by atoms with Gasteiger partial charge in [-0.3, -0.25) is 9.69 Å². The zero-order valence-electron chi connectivity index (χ0n) is 9.27. The molecule has 17 heavy (non-hydrogen) atoms. The molecule has 0 unspecified atom stereocenters. The SMILES string of the molecule is Cl.Cl.N[C@@H](CCN1CCCC(F)(F)C1)C(=O)O. The van der Waals surface area contributed by atoms with Gasteiger partial charge in [0.2, 0.25) is 0 Å². The fourth-order valence-electron chi connectivity index (χ4n) is 1.68. The van der Waals surface area contributed by atoms with Crippen LogP contribution >= 0.6 is 24.8 Å². The molecule has 8 heteroatoms. The van der Waals surface area contributed by atoms with E-state index in [4.69, 9.17) is 10.8 Å². The van der Waals surface area contributed by atoms with Gasteiger partial charge in [-0.05, 0) is 19.4 Å². The van der Waals surface area contributed by atoms with Crippen LogP contribution in [-0.4, -0.2) is 47.6 Å². The number of hydrogen-bond acceptors (Lipinski definition) is 3. The van der Waals surface area contributed by atoms with Crippen LogP contribution < -0.4 is 5.73 Å². The van der Waals surface area contributed by atoms with E-state index in [1.165, 1.54) is 0 Å². The molecule has 1 rings (SSSR count). The summed E-state index contributed by atoms with van der Waals surface area (Å²) >= 11 is 0. The largest absolute Gasteiger partial charge is 0.480 e. The van der Waals surface area contributed by atoms with Gasteiger partial charge in [0.1, 0.15) is 6.04 Å². The summed E-state index contributed by atoms with van der Waals surface area (Å²) in [4.78, 5) is 12.0. The summed E-state index contributed by atoms with van der Waals surface area (Å²) in [5.41, 5.74) is 5.29. The number of likely N-dealkylation sites (tertiary alicyclic amines) is 1. The number of carboxylic acids is 1. The first-order chi connectivity index (χ1) is 6.91. The zero-order valence-corrected chi connectivity index (χ0v) is 10.9. The molecule has 0 bridgehead atoms. The van der Waals surface area contributed by atoms with Crippen LogP contribution in [0, 0.1) is 0 Å². The van der Waals surface area contributed by atoms with Crippen molar-refractivity contribution >= 4 is 30.8 Å². The molecule has 0 spiro atoms. The Kier molecular flexibility index (Phi) is 9.05. The summed E-state index contributed by atoms with van der Waals surface area (Å²) < 4.78 is 25.9. The lowest BCUT2D eigenvalue weighted by molar-refractivity contribution is -0.138. The van der Waals surface area contributed by atoms with Gasteiger partial charge in [-0.15, -0.1) is 24.8 Å². The molecule has 0 aromatic rings. The van der Waals surface area contributed by atoms with Gasteiger partial charge < -0.3 is 10.8 Å². The fourth-order valence-corrected chi connectivity index (χ4v) is 1.68. The summed E-state index contributed by atoms with van der Waals surface area (Å²) in [6.07, 6.45) is 0.592. The standard InChI is InChI=1S/C9H16F2N2O2.2ClH/c10-9(11)3-1-4-13(6-9)5-2-7(12)8(14)15;;/h7H,1-6,12H2,(H,14,15);2*1H/t7-;;/m0../s1. The molecule has 104 valence electrons. The lowest BCUT2D eigenvalue weighted by Crippen LogP contribution is -2.44. The van der Waals surface area contributed by atoms with Crippen LogP contribution in [0.25, 0.3) is 0 Å². The molecule has 3 N–H and O–H groups in total. The van der Waals surface area contributed by atoms with E-state index in [2.05, 4.69) is 0 Å². The molecule has 0 aliphatic carbocycles. The minimum Gasteiger partial charge on any atom is -0.480 e. The van der Waals surface area contributed by atoms with Gasteiger partial charge in [0.05, 0.1) is 6.54 Å². The Bertz CT molecular complexity index is 245. The van der Waals surface area contributed by atoms with Crippen molar-refractivity contribution in [2.24, 2.45) is 5.73 Å². The van der Waals surface area contributed by atoms with E-state index in [0.717, 1.165) is 0 Å². The van der Waals surface area contributed by atoms with Gasteiger partial charge in [0.15, 0.2) is 0 Å². The second kappa shape index (κ2) is 8.02. The molecular weight excluding hydrogens is 277 g/mol. The van der Waals surface area contributed by atoms with Gasteiger partial charge in [-0.1, -0.05) is 0 Å². The van der Waals surface area contributed by atoms with E-state index in [1.54, 1.807) is 4.90 Å². The van der Waals surface area contributed by atoms with Crippen molar-refractivity contribution in [3.8, 4) is 0 Å². The van der Waals surface area contributed by atoms with E-state index >= 15 is 0 Å². The zero-order chi connectivity index (χ0) is 11.5. The molecule has 1 atom stereocenters. The van der Waals surface area contributed by atoms with Crippen molar-refractivity contribution in [3.05, 3.63) is 0 Å². The minimum absolute atomic E-state index is 0.